The predicted molar refractivity (Wildman–Crippen MR) is 88.8 cm³/mol. The number of alkyl carbamates (subject to hydrolysis) is 1. The molecule has 0 atom stereocenters. The average molecular weight is 322 g/mol. The van der Waals surface area contributed by atoms with Gasteiger partial charge in [-0.25, -0.2) is 9.18 Å². The van der Waals surface area contributed by atoms with Crippen LogP contribution in [0.2, 0.25) is 0 Å². The lowest BCUT2D eigenvalue weighted by atomic mass is 9.76. The van der Waals surface area contributed by atoms with E-state index in [1.54, 1.807) is 13.0 Å². The summed E-state index contributed by atoms with van der Waals surface area (Å²) in [5, 5.41) is 6.38. The molecule has 1 aromatic rings. The number of halogens is 1. The van der Waals surface area contributed by atoms with E-state index < -0.39 is 5.60 Å². The number of carbonyl (C=O) groups is 1. The van der Waals surface area contributed by atoms with E-state index in [2.05, 4.69) is 10.6 Å². The molecule has 1 aliphatic rings. The zero-order chi connectivity index (χ0) is 17.1. The van der Waals surface area contributed by atoms with Crippen molar-refractivity contribution in [2.45, 2.75) is 64.6 Å². The second kappa shape index (κ2) is 6.87. The number of ether oxygens (including phenoxy) is 1. The molecule has 0 radical (unpaired) electrons. The van der Waals surface area contributed by atoms with E-state index >= 15 is 0 Å². The Morgan fingerprint density at radius 2 is 2.04 bits per heavy atom. The first-order valence-electron chi connectivity index (χ1n) is 8.16. The molecule has 1 aliphatic carbocycles. The van der Waals surface area contributed by atoms with Gasteiger partial charge in [0.2, 0.25) is 0 Å². The summed E-state index contributed by atoms with van der Waals surface area (Å²) in [4.78, 5) is 12.0. The summed E-state index contributed by atoms with van der Waals surface area (Å²) in [6.45, 7) is 8.66. The molecule has 1 aromatic carbocycles. The van der Waals surface area contributed by atoms with Crippen LogP contribution in [0.25, 0.3) is 0 Å². The number of nitrogens with one attached hydrogen (secondary N) is 2. The summed E-state index contributed by atoms with van der Waals surface area (Å²) in [6, 6.07) is 5.12. The highest BCUT2D eigenvalue weighted by molar-refractivity contribution is 5.69. The Bertz CT molecular complexity index is 563. The SMILES string of the molecule is Cc1cc(CNCC2(NC(=O)OC(C)(C)C)CCC2)ccc1F. The maximum absolute atomic E-state index is 13.3. The number of hydrogen-bond acceptors (Lipinski definition) is 3. The third kappa shape index (κ3) is 5.20. The zero-order valence-corrected chi connectivity index (χ0v) is 14.5. The molecule has 1 fully saturated rings. The van der Waals surface area contributed by atoms with Crippen molar-refractivity contribution >= 4 is 6.09 Å². The van der Waals surface area contributed by atoms with Crippen molar-refractivity contribution in [2.24, 2.45) is 0 Å². The van der Waals surface area contributed by atoms with E-state index in [0.717, 1.165) is 24.8 Å². The highest BCUT2D eigenvalue weighted by Gasteiger charge is 2.39. The minimum atomic E-state index is -0.492. The third-order valence-corrected chi connectivity index (χ3v) is 4.09. The Morgan fingerprint density at radius 1 is 1.35 bits per heavy atom. The molecule has 23 heavy (non-hydrogen) atoms. The Hall–Kier alpha value is -1.62. The number of hydrogen-bond donors (Lipinski definition) is 2. The minimum Gasteiger partial charge on any atom is -0.444 e. The second-order valence-corrected chi connectivity index (χ2v) is 7.45. The first kappa shape index (κ1) is 17.7. The molecule has 0 aromatic heterocycles. The summed E-state index contributed by atoms with van der Waals surface area (Å²) in [5.74, 6) is -0.184. The van der Waals surface area contributed by atoms with Crippen LogP contribution in [0.15, 0.2) is 18.2 Å². The average Bonchev–Trinajstić information content (AvgIpc) is 2.37. The summed E-state index contributed by atoms with van der Waals surface area (Å²) in [5.41, 5.74) is 0.969. The van der Waals surface area contributed by atoms with E-state index in [0.29, 0.717) is 18.7 Å². The van der Waals surface area contributed by atoms with Gasteiger partial charge in [0.25, 0.3) is 0 Å². The van der Waals surface area contributed by atoms with Crippen molar-refractivity contribution in [3.63, 3.8) is 0 Å². The van der Waals surface area contributed by atoms with Gasteiger partial charge in [0.05, 0.1) is 5.54 Å². The molecule has 1 saturated carbocycles. The Kier molecular flexibility index (Phi) is 5.30. The van der Waals surface area contributed by atoms with Crippen LogP contribution in [-0.4, -0.2) is 23.8 Å². The molecular formula is C18H27FN2O2. The van der Waals surface area contributed by atoms with Crippen molar-refractivity contribution < 1.29 is 13.9 Å². The number of rotatable bonds is 5. The van der Waals surface area contributed by atoms with Gasteiger partial charge in [-0.05, 0) is 64.2 Å². The quantitative estimate of drug-likeness (QED) is 0.869. The topological polar surface area (TPSA) is 50.4 Å². The van der Waals surface area contributed by atoms with Gasteiger partial charge in [0.1, 0.15) is 11.4 Å². The molecule has 128 valence electrons. The van der Waals surface area contributed by atoms with E-state index in [1.807, 2.05) is 26.8 Å². The van der Waals surface area contributed by atoms with Gasteiger partial charge in [-0.1, -0.05) is 12.1 Å². The fourth-order valence-corrected chi connectivity index (χ4v) is 2.73. The summed E-state index contributed by atoms with van der Waals surface area (Å²) in [6.07, 6.45) is 2.63. The predicted octanol–water partition coefficient (Wildman–Crippen LogP) is 3.67. The smallest absolute Gasteiger partial charge is 0.408 e. The number of amides is 1. The van der Waals surface area contributed by atoms with Crippen LogP contribution >= 0.6 is 0 Å². The lowest BCUT2D eigenvalue weighted by Gasteiger charge is -2.42. The molecule has 2 rings (SSSR count). The van der Waals surface area contributed by atoms with Crippen LogP contribution < -0.4 is 10.6 Å². The van der Waals surface area contributed by atoms with Gasteiger partial charge in [0.15, 0.2) is 0 Å². The van der Waals surface area contributed by atoms with Gasteiger partial charge in [0, 0.05) is 13.1 Å². The lowest BCUT2D eigenvalue weighted by Crippen LogP contribution is -2.59. The molecule has 0 unspecified atom stereocenters. The van der Waals surface area contributed by atoms with Gasteiger partial charge in [-0.3, -0.25) is 0 Å². The van der Waals surface area contributed by atoms with Crippen LogP contribution in [0.1, 0.15) is 51.2 Å². The molecule has 0 saturated heterocycles. The van der Waals surface area contributed by atoms with Crippen molar-refractivity contribution in [1.82, 2.24) is 10.6 Å². The molecule has 0 aliphatic heterocycles. The maximum atomic E-state index is 13.3. The molecule has 4 nitrogen and oxygen atoms in total. The molecule has 5 heteroatoms. The van der Waals surface area contributed by atoms with Crippen molar-refractivity contribution in [3.8, 4) is 0 Å². The maximum Gasteiger partial charge on any atom is 0.408 e. The Balaban J connectivity index is 1.84. The summed E-state index contributed by atoms with van der Waals surface area (Å²) in [7, 11) is 0. The van der Waals surface area contributed by atoms with Crippen LogP contribution in [0.4, 0.5) is 9.18 Å². The highest BCUT2D eigenvalue weighted by Crippen LogP contribution is 2.31. The van der Waals surface area contributed by atoms with Crippen LogP contribution in [0, 0.1) is 12.7 Å². The van der Waals surface area contributed by atoms with Gasteiger partial charge in [-0.2, -0.15) is 0 Å². The van der Waals surface area contributed by atoms with E-state index in [1.165, 1.54) is 6.07 Å². The highest BCUT2D eigenvalue weighted by atomic mass is 19.1. The van der Waals surface area contributed by atoms with Crippen LogP contribution in [0.5, 0.6) is 0 Å². The van der Waals surface area contributed by atoms with Crippen LogP contribution in [0.3, 0.4) is 0 Å². The molecule has 1 amide bonds. The number of aryl methyl sites for hydroxylation is 1. The zero-order valence-electron chi connectivity index (χ0n) is 14.5. The third-order valence-electron chi connectivity index (χ3n) is 4.09. The fraction of sp³-hybridized carbons (Fsp3) is 0.611. The number of benzene rings is 1. The fourth-order valence-electron chi connectivity index (χ4n) is 2.73. The van der Waals surface area contributed by atoms with Gasteiger partial charge < -0.3 is 15.4 Å². The minimum absolute atomic E-state index is 0.184. The number of carbonyl (C=O) groups excluding carboxylic acids is 1. The largest absolute Gasteiger partial charge is 0.444 e. The van der Waals surface area contributed by atoms with Crippen LogP contribution in [-0.2, 0) is 11.3 Å². The van der Waals surface area contributed by atoms with E-state index in [-0.39, 0.29) is 17.4 Å². The van der Waals surface area contributed by atoms with Gasteiger partial charge in [-0.15, -0.1) is 0 Å². The standard InChI is InChI=1S/C18H27FN2O2/c1-13-10-14(6-7-15(13)19)11-20-12-18(8-5-9-18)21-16(22)23-17(2,3)4/h6-7,10,20H,5,8-9,11-12H2,1-4H3,(H,21,22). The van der Waals surface area contributed by atoms with Crippen molar-refractivity contribution in [1.29, 1.82) is 0 Å². The van der Waals surface area contributed by atoms with Gasteiger partial charge >= 0.3 is 6.09 Å². The molecule has 0 bridgehead atoms. The molecule has 2 N–H and O–H groups in total. The molecule has 0 heterocycles. The Labute approximate surface area is 137 Å². The second-order valence-electron chi connectivity index (χ2n) is 7.45. The molecule has 0 spiro atoms. The van der Waals surface area contributed by atoms with E-state index in [4.69, 9.17) is 4.74 Å². The molecular weight excluding hydrogens is 295 g/mol. The van der Waals surface area contributed by atoms with Crippen molar-refractivity contribution in [2.75, 3.05) is 6.54 Å². The summed E-state index contributed by atoms with van der Waals surface area (Å²) >= 11 is 0. The monoisotopic (exact) mass is 322 g/mol. The lowest BCUT2D eigenvalue weighted by molar-refractivity contribution is 0.0382. The van der Waals surface area contributed by atoms with Crippen molar-refractivity contribution in [3.05, 3.63) is 35.1 Å². The summed E-state index contributed by atoms with van der Waals surface area (Å²) < 4.78 is 18.6. The first-order chi connectivity index (χ1) is 10.7. The Morgan fingerprint density at radius 3 is 2.57 bits per heavy atom. The first-order valence-corrected chi connectivity index (χ1v) is 8.16. The normalized spacial score (nSPS) is 16.6. The van der Waals surface area contributed by atoms with E-state index in [9.17, 15) is 9.18 Å².